The van der Waals surface area contributed by atoms with Crippen LogP contribution in [-0.2, 0) is 20.5 Å². The third-order valence-electron chi connectivity index (χ3n) is 4.43. The van der Waals surface area contributed by atoms with E-state index < -0.39 is 23.8 Å². The first-order valence-electron chi connectivity index (χ1n) is 7.57. The predicted molar refractivity (Wildman–Crippen MR) is 76.2 cm³/mol. The Balaban J connectivity index is 1.62. The highest BCUT2D eigenvalue weighted by atomic mass is 19.4. The van der Waals surface area contributed by atoms with E-state index in [1.807, 2.05) is 0 Å². The molecule has 1 saturated carbocycles. The standard InChI is InChI=1S/C16H16F3NO4/c17-16(18,19)10-3-1-9(2-4-10)11-7-12(11)14(21)20-5-6-24-13(8-20)15(22)23/h1-4,11-13H,5-8H2,(H,22,23)/t11-,12-,13-/m0/s1. The number of hydrogen-bond acceptors (Lipinski definition) is 3. The van der Waals surface area contributed by atoms with Gasteiger partial charge in [0.15, 0.2) is 6.10 Å². The summed E-state index contributed by atoms with van der Waals surface area (Å²) in [5.41, 5.74) is -0.0170. The van der Waals surface area contributed by atoms with Gasteiger partial charge >= 0.3 is 12.1 Å². The maximum absolute atomic E-state index is 12.6. The van der Waals surface area contributed by atoms with Gasteiger partial charge in [0.05, 0.1) is 18.7 Å². The maximum atomic E-state index is 12.6. The average molecular weight is 343 g/mol. The average Bonchev–Trinajstić information content (AvgIpc) is 3.34. The zero-order chi connectivity index (χ0) is 17.5. The number of nitrogens with zero attached hydrogens (tertiary/aromatic N) is 1. The largest absolute Gasteiger partial charge is 0.479 e. The molecule has 1 aliphatic heterocycles. The molecule has 0 radical (unpaired) electrons. The summed E-state index contributed by atoms with van der Waals surface area (Å²) in [6.45, 7) is 0.504. The number of carbonyl (C=O) groups excluding carboxylic acids is 1. The van der Waals surface area contributed by atoms with Crippen LogP contribution in [0.5, 0.6) is 0 Å². The molecule has 1 aliphatic carbocycles. The number of benzene rings is 1. The van der Waals surface area contributed by atoms with Crippen LogP contribution in [-0.4, -0.2) is 47.7 Å². The van der Waals surface area contributed by atoms with Crippen molar-refractivity contribution in [3.8, 4) is 0 Å². The third kappa shape index (κ3) is 3.38. The number of hydrogen-bond donors (Lipinski definition) is 1. The number of morpholine rings is 1. The van der Waals surface area contributed by atoms with Gasteiger partial charge in [0, 0.05) is 12.5 Å². The zero-order valence-corrected chi connectivity index (χ0v) is 12.6. The van der Waals surface area contributed by atoms with Crippen LogP contribution in [0.4, 0.5) is 13.2 Å². The Labute approximate surface area is 136 Å². The minimum atomic E-state index is -4.38. The second kappa shape index (κ2) is 6.08. The van der Waals surface area contributed by atoms with Crippen molar-refractivity contribution >= 4 is 11.9 Å². The van der Waals surface area contributed by atoms with Crippen molar-refractivity contribution in [2.45, 2.75) is 24.6 Å². The first-order valence-corrected chi connectivity index (χ1v) is 7.57. The number of aliphatic carboxylic acids is 1. The molecule has 1 aromatic carbocycles. The smallest absolute Gasteiger partial charge is 0.416 e. The Kier molecular flexibility index (Phi) is 4.25. The van der Waals surface area contributed by atoms with Crippen LogP contribution in [0.3, 0.4) is 0 Å². The van der Waals surface area contributed by atoms with Crippen LogP contribution in [0.2, 0.25) is 0 Å². The van der Waals surface area contributed by atoms with Crippen molar-refractivity contribution < 1.29 is 32.6 Å². The Morgan fingerprint density at radius 2 is 1.88 bits per heavy atom. The van der Waals surface area contributed by atoms with Gasteiger partial charge in [-0.05, 0) is 30.0 Å². The molecular formula is C16H16F3NO4. The Morgan fingerprint density at radius 3 is 2.46 bits per heavy atom. The van der Waals surface area contributed by atoms with Gasteiger partial charge < -0.3 is 14.7 Å². The summed E-state index contributed by atoms with van der Waals surface area (Å²) in [7, 11) is 0. The summed E-state index contributed by atoms with van der Waals surface area (Å²) in [4.78, 5) is 24.9. The van der Waals surface area contributed by atoms with Crippen LogP contribution in [0.15, 0.2) is 24.3 Å². The lowest BCUT2D eigenvalue weighted by Crippen LogP contribution is -2.49. The first-order chi connectivity index (χ1) is 11.3. The molecule has 1 aromatic rings. The van der Waals surface area contributed by atoms with E-state index in [-0.39, 0.29) is 30.9 Å². The quantitative estimate of drug-likeness (QED) is 0.913. The van der Waals surface area contributed by atoms with Gasteiger partial charge in [0.25, 0.3) is 0 Å². The van der Waals surface area contributed by atoms with E-state index in [1.54, 1.807) is 0 Å². The van der Waals surface area contributed by atoms with E-state index >= 15 is 0 Å². The number of carboxylic acid groups (broad SMARTS) is 1. The molecule has 3 rings (SSSR count). The molecule has 8 heteroatoms. The van der Waals surface area contributed by atoms with Crippen molar-refractivity contribution in [2.75, 3.05) is 19.7 Å². The van der Waals surface area contributed by atoms with Gasteiger partial charge in [-0.15, -0.1) is 0 Å². The molecule has 1 amide bonds. The van der Waals surface area contributed by atoms with E-state index in [1.165, 1.54) is 17.0 Å². The molecule has 0 aromatic heterocycles. The van der Waals surface area contributed by atoms with Crippen molar-refractivity contribution in [1.29, 1.82) is 0 Å². The van der Waals surface area contributed by atoms with Crippen molar-refractivity contribution in [2.24, 2.45) is 5.92 Å². The van der Waals surface area contributed by atoms with Crippen molar-refractivity contribution in [1.82, 2.24) is 4.90 Å². The van der Waals surface area contributed by atoms with E-state index in [0.717, 1.165) is 12.1 Å². The van der Waals surface area contributed by atoms with Crippen molar-refractivity contribution in [3.05, 3.63) is 35.4 Å². The Morgan fingerprint density at radius 1 is 1.21 bits per heavy atom. The highest BCUT2D eigenvalue weighted by Crippen LogP contribution is 2.49. The number of amides is 1. The summed E-state index contributed by atoms with van der Waals surface area (Å²) >= 11 is 0. The van der Waals surface area contributed by atoms with Gasteiger partial charge in [0.2, 0.25) is 5.91 Å². The predicted octanol–water partition coefficient (Wildman–Crippen LogP) is 2.12. The van der Waals surface area contributed by atoms with E-state index in [4.69, 9.17) is 9.84 Å². The molecule has 1 N–H and O–H groups in total. The minimum absolute atomic E-state index is 0.00436. The fraction of sp³-hybridized carbons (Fsp3) is 0.500. The van der Waals surface area contributed by atoms with E-state index in [0.29, 0.717) is 18.5 Å². The number of rotatable bonds is 3. The molecule has 24 heavy (non-hydrogen) atoms. The fourth-order valence-electron chi connectivity index (χ4n) is 2.99. The molecule has 0 spiro atoms. The molecule has 130 valence electrons. The van der Waals surface area contributed by atoms with Gasteiger partial charge in [-0.2, -0.15) is 13.2 Å². The van der Waals surface area contributed by atoms with E-state index in [9.17, 15) is 22.8 Å². The minimum Gasteiger partial charge on any atom is -0.479 e. The fourth-order valence-corrected chi connectivity index (χ4v) is 2.99. The zero-order valence-electron chi connectivity index (χ0n) is 12.6. The summed E-state index contributed by atoms with van der Waals surface area (Å²) in [6, 6.07) is 4.84. The molecular weight excluding hydrogens is 327 g/mol. The number of ether oxygens (including phenoxy) is 1. The monoisotopic (exact) mass is 343 g/mol. The van der Waals surface area contributed by atoms with Crippen LogP contribution in [0.1, 0.15) is 23.5 Å². The van der Waals surface area contributed by atoms with Gasteiger partial charge in [-0.1, -0.05) is 12.1 Å². The summed E-state index contributed by atoms with van der Waals surface area (Å²) in [5, 5.41) is 8.96. The van der Waals surface area contributed by atoms with Gasteiger partial charge in [-0.3, -0.25) is 4.79 Å². The van der Waals surface area contributed by atoms with Crippen LogP contribution in [0, 0.1) is 5.92 Å². The topological polar surface area (TPSA) is 66.8 Å². The third-order valence-corrected chi connectivity index (χ3v) is 4.43. The molecule has 1 heterocycles. The number of carboxylic acids is 1. The SMILES string of the molecule is O=C(O)[C@@H]1CN(C(=O)[C@H]2C[C@H]2c2ccc(C(F)(F)F)cc2)CCO1. The van der Waals surface area contributed by atoms with E-state index in [2.05, 4.69) is 0 Å². The molecule has 2 aliphatic rings. The lowest BCUT2D eigenvalue weighted by molar-refractivity contribution is -0.159. The Bertz CT molecular complexity index is 644. The summed E-state index contributed by atoms with van der Waals surface area (Å²) in [6.07, 6.45) is -4.83. The highest BCUT2D eigenvalue weighted by molar-refractivity contribution is 5.84. The van der Waals surface area contributed by atoms with Crippen molar-refractivity contribution in [3.63, 3.8) is 0 Å². The molecule has 0 unspecified atom stereocenters. The van der Waals surface area contributed by atoms with Gasteiger partial charge in [-0.25, -0.2) is 4.79 Å². The second-order valence-corrected chi connectivity index (χ2v) is 6.05. The molecule has 3 atom stereocenters. The van der Waals surface area contributed by atoms with Crippen LogP contribution in [0.25, 0.3) is 0 Å². The number of alkyl halides is 3. The Hall–Kier alpha value is -2.09. The van der Waals surface area contributed by atoms with Crippen LogP contribution < -0.4 is 0 Å². The normalized spacial score (nSPS) is 27.0. The summed E-state index contributed by atoms with van der Waals surface area (Å²) < 4.78 is 42.8. The molecule has 0 bridgehead atoms. The first kappa shape index (κ1) is 16.8. The van der Waals surface area contributed by atoms with Crippen LogP contribution >= 0.6 is 0 Å². The number of carbonyl (C=O) groups is 2. The second-order valence-electron chi connectivity index (χ2n) is 6.05. The highest BCUT2D eigenvalue weighted by Gasteiger charge is 2.47. The number of halogens is 3. The molecule has 1 saturated heterocycles. The molecule has 2 fully saturated rings. The molecule has 5 nitrogen and oxygen atoms in total. The lowest BCUT2D eigenvalue weighted by Gasteiger charge is -2.31. The summed E-state index contributed by atoms with van der Waals surface area (Å²) in [5.74, 6) is -1.67. The van der Waals surface area contributed by atoms with Gasteiger partial charge in [0.1, 0.15) is 0 Å². The maximum Gasteiger partial charge on any atom is 0.416 e. The lowest BCUT2D eigenvalue weighted by atomic mass is 10.1.